The standard InChI is InChI=1S/C21H25BrClNO2S/c1-25-13-18-6-4-10-24(18)12-15-5-3-7-19(23)21(15)27-14-16-11-17(22)8-9-20(16)26-2/h3,5,7-9,11,18H,4,6,10,12-14H2,1-2H3/t18-/m1/s1. The van der Waals surface area contributed by atoms with Gasteiger partial charge in [0.2, 0.25) is 0 Å². The lowest BCUT2D eigenvalue weighted by Gasteiger charge is -2.25. The predicted octanol–water partition coefficient (Wildman–Crippen LogP) is 6.01. The summed E-state index contributed by atoms with van der Waals surface area (Å²) in [6.07, 6.45) is 2.43. The van der Waals surface area contributed by atoms with Crippen molar-refractivity contribution >= 4 is 39.3 Å². The summed E-state index contributed by atoms with van der Waals surface area (Å²) in [5.74, 6) is 1.71. The van der Waals surface area contributed by atoms with Gasteiger partial charge in [-0.2, -0.15) is 0 Å². The van der Waals surface area contributed by atoms with Crippen LogP contribution < -0.4 is 4.74 Å². The van der Waals surface area contributed by atoms with Crippen LogP contribution in [0.5, 0.6) is 5.75 Å². The molecule has 0 N–H and O–H groups in total. The highest BCUT2D eigenvalue weighted by atomic mass is 79.9. The predicted molar refractivity (Wildman–Crippen MR) is 117 cm³/mol. The molecule has 0 aliphatic carbocycles. The first kappa shape index (κ1) is 21.0. The minimum atomic E-state index is 0.497. The Morgan fingerprint density at radius 2 is 2.07 bits per heavy atom. The molecule has 1 aliphatic heterocycles. The lowest BCUT2D eigenvalue weighted by Crippen LogP contribution is -2.32. The zero-order valence-corrected chi connectivity index (χ0v) is 18.9. The van der Waals surface area contributed by atoms with Crippen LogP contribution in [0.25, 0.3) is 0 Å². The molecular weight excluding hydrogens is 446 g/mol. The zero-order valence-electron chi connectivity index (χ0n) is 15.7. The average Bonchev–Trinajstić information content (AvgIpc) is 3.08. The Labute approximate surface area is 179 Å². The molecule has 3 nitrogen and oxygen atoms in total. The number of thioether (sulfide) groups is 1. The van der Waals surface area contributed by atoms with E-state index in [1.54, 1.807) is 26.0 Å². The summed E-state index contributed by atoms with van der Waals surface area (Å²) in [5, 5.41) is 0.814. The van der Waals surface area contributed by atoms with Crippen LogP contribution in [0.15, 0.2) is 45.8 Å². The van der Waals surface area contributed by atoms with Crippen LogP contribution in [0.1, 0.15) is 24.0 Å². The maximum absolute atomic E-state index is 6.58. The molecule has 3 rings (SSSR count). The van der Waals surface area contributed by atoms with E-state index in [-0.39, 0.29) is 0 Å². The zero-order chi connectivity index (χ0) is 19.2. The number of methoxy groups -OCH3 is 2. The molecule has 1 saturated heterocycles. The second-order valence-electron chi connectivity index (χ2n) is 6.69. The monoisotopic (exact) mass is 469 g/mol. The molecule has 1 atom stereocenters. The summed E-state index contributed by atoms with van der Waals surface area (Å²) in [7, 11) is 3.49. The first-order valence-electron chi connectivity index (χ1n) is 9.08. The molecule has 0 unspecified atom stereocenters. The molecule has 1 aliphatic rings. The molecule has 0 bridgehead atoms. The van der Waals surface area contributed by atoms with Crippen LogP contribution >= 0.6 is 39.3 Å². The van der Waals surface area contributed by atoms with Gasteiger partial charge in [-0.3, -0.25) is 4.90 Å². The Morgan fingerprint density at radius 1 is 1.22 bits per heavy atom. The maximum atomic E-state index is 6.58. The van der Waals surface area contributed by atoms with Crippen LogP contribution in [0.3, 0.4) is 0 Å². The number of halogens is 2. The van der Waals surface area contributed by atoms with Gasteiger partial charge >= 0.3 is 0 Å². The molecule has 27 heavy (non-hydrogen) atoms. The Hall–Kier alpha value is -0.720. The van der Waals surface area contributed by atoms with Crippen molar-refractivity contribution in [3.8, 4) is 5.75 Å². The van der Waals surface area contributed by atoms with E-state index in [4.69, 9.17) is 21.1 Å². The number of likely N-dealkylation sites (tertiary alicyclic amines) is 1. The van der Waals surface area contributed by atoms with Gasteiger partial charge in [0.15, 0.2) is 0 Å². The largest absolute Gasteiger partial charge is 0.496 e. The molecule has 0 radical (unpaired) electrons. The smallest absolute Gasteiger partial charge is 0.122 e. The Morgan fingerprint density at radius 3 is 2.85 bits per heavy atom. The molecule has 1 fully saturated rings. The maximum Gasteiger partial charge on any atom is 0.122 e. The second kappa shape index (κ2) is 10.2. The quantitative estimate of drug-likeness (QED) is 0.440. The van der Waals surface area contributed by atoms with Crippen molar-refractivity contribution in [2.75, 3.05) is 27.4 Å². The van der Waals surface area contributed by atoms with Crippen LogP contribution in [-0.4, -0.2) is 38.3 Å². The topological polar surface area (TPSA) is 21.7 Å². The van der Waals surface area contributed by atoms with Crippen molar-refractivity contribution in [2.45, 2.75) is 36.1 Å². The van der Waals surface area contributed by atoms with E-state index in [9.17, 15) is 0 Å². The third-order valence-electron chi connectivity index (χ3n) is 4.89. The molecule has 2 aromatic rings. The fourth-order valence-corrected chi connectivity index (χ4v) is 5.37. The van der Waals surface area contributed by atoms with Crippen molar-refractivity contribution in [3.63, 3.8) is 0 Å². The Bertz CT molecular complexity index is 774. The molecule has 0 saturated carbocycles. The van der Waals surface area contributed by atoms with Crippen LogP contribution in [0.2, 0.25) is 5.02 Å². The van der Waals surface area contributed by atoms with Gasteiger partial charge in [-0.25, -0.2) is 0 Å². The second-order valence-corrected chi connectivity index (χ2v) is 9.00. The van der Waals surface area contributed by atoms with Crippen molar-refractivity contribution in [1.29, 1.82) is 0 Å². The van der Waals surface area contributed by atoms with E-state index in [1.165, 1.54) is 18.4 Å². The highest BCUT2D eigenvalue weighted by molar-refractivity contribution is 9.10. The van der Waals surface area contributed by atoms with E-state index in [2.05, 4.69) is 33.0 Å². The summed E-state index contributed by atoms with van der Waals surface area (Å²) in [6.45, 7) is 2.81. The normalized spacial score (nSPS) is 17.4. The number of nitrogens with zero attached hydrogens (tertiary/aromatic N) is 1. The minimum absolute atomic E-state index is 0.497. The minimum Gasteiger partial charge on any atom is -0.496 e. The molecule has 0 amide bonds. The van der Waals surface area contributed by atoms with Gasteiger partial charge in [-0.1, -0.05) is 39.7 Å². The Balaban J connectivity index is 1.77. The Kier molecular flexibility index (Phi) is 7.91. The van der Waals surface area contributed by atoms with Crippen LogP contribution in [0, 0.1) is 0 Å². The van der Waals surface area contributed by atoms with E-state index in [1.807, 2.05) is 24.3 Å². The number of ether oxygens (including phenoxy) is 2. The molecular formula is C21H25BrClNO2S. The fourth-order valence-electron chi connectivity index (χ4n) is 3.55. The highest BCUT2D eigenvalue weighted by Gasteiger charge is 2.25. The number of benzene rings is 2. The van der Waals surface area contributed by atoms with Gasteiger partial charge in [-0.05, 0) is 49.2 Å². The fraction of sp³-hybridized carbons (Fsp3) is 0.429. The SMILES string of the molecule is COC[C@H]1CCCN1Cc1cccc(Cl)c1SCc1cc(Br)ccc1OC. The third kappa shape index (κ3) is 5.42. The van der Waals surface area contributed by atoms with Gasteiger partial charge in [0.25, 0.3) is 0 Å². The van der Waals surface area contributed by atoms with Gasteiger partial charge in [0.1, 0.15) is 5.75 Å². The lowest BCUT2D eigenvalue weighted by atomic mass is 10.2. The van der Waals surface area contributed by atoms with Gasteiger partial charge in [0.05, 0.1) is 18.7 Å². The van der Waals surface area contributed by atoms with E-state index in [0.29, 0.717) is 6.04 Å². The van der Waals surface area contributed by atoms with Crippen molar-refractivity contribution in [3.05, 3.63) is 57.0 Å². The summed E-state index contributed by atoms with van der Waals surface area (Å²) in [4.78, 5) is 3.67. The molecule has 6 heteroatoms. The van der Waals surface area contributed by atoms with Crippen molar-refractivity contribution in [2.24, 2.45) is 0 Å². The third-order valence-corrected chi connectivity index (χ3v) is 7.04. The summed E-state index contributed by atoms with van der Waals surface area (Å²) < 4.78 is 12.0. The summed E-state index contributed by atoms with van der Waals surface area (Å²) >= 11 is 11.9. The van der Waals surface area contributed by atoms with Gasteiger partial charge in [-0.15, -0.1) is 11.8 Å². The molecule has 0 aromatic heterocycles. The first-order chi connectivity index (χ1) is 13.1. The average molecular weight is 471 g/mol. The summed E-state index contributed by atoms with van der Waals surface area (Å²) in [6, 6.07) is 12.8. The van der Waals surface area contributed by atoms with E-state index < -0.39 is 0 Å². The molecule has 1 heterocycles. The first-order valence-corrected chi connectivity index (χ1v) is 11.2. The lowest BCUT2D eigenvalue weighted by molar-refractivity contribution is 0.111. The highest BCUT2D eigenvalue weighted by Crippen LogP contribution is 2.37. The van der Waals surface area contributed by atoms with Gasteiger partial charge in [0, 0.05) is 40.4 Å². The summed E-state index contributed by atoms with van der Waals surface area (Å²) in [5.41, 5.74) is 2.44. The van der Waals surface area contributed by atoms with Crippen molar-refractivity contribution in [1.82, 2.24) is 4.90 Å². The van der Waals surface area contributed by atoms with E-state index in [0.717, 1.165) is 51.2 Å². The van der Waals surface area contributed by atoms with E-state index >= 15 is 0 Å². The molecule has 146 valence electrons. The molecule has 0 spiro atoms. The van der Waals surface area contributed by atoms with Crippen LogP contribution in [-0.2, 0) is 17.0 Å². The molecule has 2 aromatic carbocycles. The van der Waals surface area contributed by atoms with Gasteiger partial charge < -0.3 is 9.47 Å². The van der Waals surface area contributed by atoms with Crippen molar-refractivity contribution < 1.29 is 9.47 Å². The number of rotatable bonds is 8. The van der Waals surface area contributed by atoms with Crippen LogP contribution in [0.4, 0.5) is 0 Å². The number of hydrogen-bond donors (Lipinski definition) is 0. The number of hydrogen-bond acceptors (Lipinski definition) is 4.